The molecule has 0 amide bonds. The minimum atomic E-state index is -0.307. The van der Waals surface area contributed by atoms with E-state index in [2.05, 4.69) is 48.0 Å². The number of rotatable bonds is 7. The van der Waals surface area contributed by atoms with Gasteiger partial charge in [-0.05, 0) is 73.7 Å². The molecule has 0 aromatic heterocycles. The van der Waals surface area contributed by atoms with Crippen LogP contribution in [-0.4, -0.2) is 31.5 Å². The van der Waals surface area contributed by atoms with Crippen molar-refractivity contribution < 1.29 is 9.53 Å². The molecule has 2 aromatic rings. The minimum absolute atomic E-state index is 0.128. The molecule has 2 unspecified atom stereocenters. The number of ether oxygens (including phenoxy) is 1. The van der Waals surface area contributed by atoms with Crippen molar-refractivity contribution in [3.05, 3.63) is 58.6 Å². The van der Waals surface area contributed by atoms with Gasteiger partial charge in [-0.25, -0.2) is 0 Å². The number of hydrogen-bond acceptors (Lipinski definition) is 4. The highest BCUT2D eigenvalue weighted by molar-refractivity contribution is 6.30. The number of carbonyl (C=O) groups is 1. The molecule has 0 N–H and O–H groups in total. The summed E-state index contributed by atoms with van der Waals surface area (Å²) >= 11 is 6.47. The number of nitrogens with zero attached hydrogens (tertiary/aromatic N) is 2. The Labute approximate surface area is 178 Å². The molecule has 1 aliphatic heterocycles. The third-order valence-corrected chi connectivity index (χ3v) is 6.83. The second-order valence-corrected chi connectivity index (χ2v) is 8.68. The van der Waals surface area contributed by atoms with E-state index < -0.39 is 0 Å². The second kappa shape index (κ2) is 8.00. The Hall–Kier alpha value is -2.04. The van der Waals surface area contributed by atoms with E-state index >= 15 is 0 Å². The molecule has 1 aliphatic carbocycles. The molecule has 1 fully saturated rings. The largest absolute Gasteiger partial charge is 0.497 e. The zero-order chi connectivity index (χ0) is 20.6. The Morgan fingerprint density at radius 1 is 1.21 bits per heavy atom. The van der Waals surface area contributed by atoms with E-state index in [0.717, 1.165) is 41.2 Å². The lowest BCUT2D eigenvalue weighted by atomic mass is 9.76. The van der Waals surface area contributed by atoms with Crippen LogP contribution in [0.15, 0.2) is 42.5 Å². The summed E-state index contributed by atoms with van der Waals surface area (Å²) in [5, 5.41) is 0.757. The summed E-state index contributed by atoms with van der Waals surface area (Å²) < 4.78 is 5.28. The fraction of sp³-hybridized carbons (Fsp3) is 0.458. The molecule has 1 saturated carbocycles. The highest BCUT2D eigenvalue weighted by Crippen LogP contribution is 2.57. The number of hydrogen-bond donors (Lipinski definition) is 0. The zero-order valence-corrected chi connectivity index (χ0v) is 18.2. The third-order valence-electron chi connectivity index (χ3n) is 6.60. The van der Waals surface area contributed by atoms with Crippen molar-refractivity contribution >= 4 is 23.6 Å². The van der Waals surface area contributed by atoms with Crippen LogP contribution in [0.25, 0.3) is 0 Å². The van der Waals surface area contributed by atoms with Crippen molar-refractivity contribution in [3.63, 3.8) is 0 Å². The standard InChI is InChI=1S/C24H29ClN2O2/c1-4-13-24(18-7-8-18)21-14-19(25)9-12-22(21)27(23(16-28)26(24)2)15-17-5-10-20(29-3)11-6-17/h5-6,9-12,14,16,18,23H,4,7-8,13,15H2,1-3H3. The zero-order valence-electron chi connectivity index (χ0n) is 17.4. The molecular weight excluding hydrogens is 384 g/mol. The third kappa shape index (κ3) is 3.43. The van der Waals surface area contributed by atoms with Gasteiger partial charge in [-0.3, -0.25) is 9.69 Å². The van der Waals surface area contributed by atoms with Gasteiger partial charge < -0.3 is 9.64 Å². The monoisotopic (exact) mass is 412 g/mol. The first kappa shape index (κ1) is 20.2. The first-order valence-corrected chi connectivity index (χ1v) is 10.8. The van der Waals surface area contributed by atoms with Gasteiger partial charge in [-0.1, -0.05) is 37.1 Å². The van der Waals surface area contributed by atoms with Gasteiger partial charge in [0, 0.05) is 17.3 Å². The molecule has 1 heterocycles. The fourth-order valence-electron chi connectivity index (χ4n) is 5.12. The number of methoxy groups -OCH3 is 1. The van der Waals surface area contributed by atoms with Crippen molar-refractivity contribution in [1.29, 1.82) is 0 Å². The van der Waals surface area contributed by atoms with E-state index in [-0.39, 0.29) is 11.7 Å². The molecular formula is C24H29ClN2O2. The lowest BCUT2D eigenvalue weighted by molar-refractivity contribution is -0.116. The predicted molar refractivity (Wildman–Crippen MR) is 118 cm³/mol. The van der Waals surface area contributed by atoms with E-state index in [1.54, 1.807) is 7.11 Å². The molecule has 5 heteroatoms. The maximum absolute atomic E-state index is 12.4. The van der Waals surface area contributed by atoms with Crippen molar-refractivity contribution in [2.75, 3.05) is 19.1 Å². The summed E-state index contributed by atoms with van der Waals surface area (Å²) in [5.74, 6) is 1.41. The molecule has 0 spiro atoms. The van der Waals surface area contributed by atoms with Crippen molar-refractivity contribution in [3.8, 4) is 5.75 Å². The van der Waals surface area contributed by atoms with E-state index in [1.165, 1.54) is 18.4 Å². The van der Waals surface area contributed by atoms with Crippen LogP contribution in [0.1, 0.15) is 43.7 Å². The summed E-state index contributed by atoms with van der Waals surface area (Å²) in [6, 6.07) is 14.2. The number of carbonyl (C=O) groups excluding carboxylic acids is 1. The minimum Gasteiger partial charge on any atom is -0.497 e. The van der Waals surface area contributed by atoms with E-state index in [4.69, 9.17) is 16.3 Å². The first-order chi connectivity index (χ1) is 14.0. The summed E-state index contributed by atoms with van der Waals surface area (Å²) in [6.07, 6.45) is 5.30. The lowest BCUT2D eigenvalue weighted by Crippen LogP contribution is -2.61. The number of anilines is 1. The Kier molecular flexibility index (Phi) is 5.58. The van der Waals surface area contributed by atoms with Crippen LogP contribution in [0.4, 0.5) is 5.69 Å². The average molecular weight is 413 g/mol. The SMILES string of the molecule is CCCC1(C2CC2)c2cc(Cl)ccc2N(Cc2ccc(OC)cc2)C(C=O)N1C. The van der Waals surface area contributed by atoms with E-state index in [9.17, 15) is 4.79 Å². The maximum atomic E-state index is 12.4. The van der Waals surface area contributed by atoms with Crippen molar-refractivity contribution in [2.45, 2.75) is 50.9 Å². The van der Waals surface area contributed by atoms with Gasteiger partial charge in [0.25, 0.3) is 0 Å². The number of halogens is 1. The Morgan fingerprint density at radius 2 is 1.93 bits per heavy atom. The van der Waals surface area contributed by atoms with Gasteiger partial charge in [-0.15, -0.1) is 0 Å². The van der Waals surface area contributed by atoms with Gasteiger partial charge >= 0.3 is 0 Å². The highest BCUT2D eigenvalue weighted by atomic mass is 35.5. The average Bonchev–Trinajstić information content (AvgIpc) is 3.57. The van der Waals surface area contributed by atoms with Crippen LogP contribution in [0.2, 0.25) is 5.02 Å². The number of benzene rings is 2. The molecule has 4 rings (SSSR count). The lowest BCUT2D eigenvalue weighted by Gasteiger charge is -2.54. The Balaban J connectivity index is 1.81. The maximum Gasteiger partial charge on any atom is 0.157 e. The summed E-state index contributed by atoms with van der Waals surface area (Å²) in [7, 11) is 3.78. The number of aldehydes is 1. The number of fused-ring (bicyclic) bond motifs is 1. The predicted octanol–water partition coefficient (Wildman–Crippen LogP) is 5.23. The summed E-state index contributed by atoms with van der Waals surface area (Å²) in [6.45, 7) is 2.88. The molecule has 154 valence electrons. The van der Waals surface area contributed by atoms with E-state index in [0.29, 0.717) is 12.5 Å². The van der Waals surface area contributed by atoms with Crippen LogP contribution in [-0.2, 0) is 16.9 Å². The molecule has 0 radical (unpaired) electrons. The Bertz CT molecular complexity index is 881. The molecule has 29 heavy (non-hydrogen) atoms. The molecule has 0 saturated heterocycles. The fourth-order valence-corrected chi connectivity index (χ4v) is 5.29. The van der Waals surface area contributed by atoms with Gasteiger partial charge in [0.1, 0.15) is 11.9 Å². The van der Waals surface area contributed by atoms with Crippen LogP contribution < -0.4 is 9.64 Å². The molecule has 2 aliphatic rings. The topological polar surface area (TPSA) is 32.8 Å². The Morgan fingerprint density at radius 3 is 2.52 bits per heavy atom. The highest BCUT2D eigenvalue weighted by Gasteiger charge is 2.55. The molecule has 4 nitrogen and oxygen atoms in total. The van der Waals surface area contributed by atoms with E-state index in [1.807, 2.05) is 18.2 Å². The first-order valence-electron chi connectivity index (χ1n) is 10.4. The van der Waals surface area contributed by atoms with Crippen molar-refractivity contribution in [2.24, 2.45) is 5.92 Å². The molecule has 0 bridgehead atoms. The van der Waals surface area contributed by atoms with Gasteiger partial charge in [0.2, 0.25) is 0 Å². The van der Waals surface area contributed by atoms with Gasteiger partial charge in [0.05, 0.1) is 12.6 Å². The van der Waals surface area contributed by atoms with Gasteiger partial charge in [-0.2, -0.15) is 0 Å². The quantitative estimate of drug-likeness (QED) is 0.583. The second-order valence-electron chi connectivity index (χ2n) is 8.25. The normalized spacial score (nSPS) is 24.3. The van der Waals surface area contributed by atoms with Crippen LogP contribution >= 0.6 is 11.6 Å². The molecule has 2 aromatic carbocycles. The number of likely N-dealkylation sites (N-methyl/N-ethyl adjacent to an activating group) is 1. The summed E-state index contributed by atoms with van der Waals surface area (Å²) in [4.78, 5) is 16.9. The van der Waals surface area contributed by atoms with Crippen molar-refractivity contribution in [1.82, 2.24) is 4.90 Å². The van der Waals surface area contributed by atoms with Gasteiger partial charge in [0.15, 0.2) is 6.29 Å². The smallest absolute Gasteiger partial charge is 0.157 e. The summed E-state index contributed by atoms with van der Waals surface area (Å²) in [5.41, 5.74) is 3.40. The van der Waals surface area contributed by atoms with Crippen LogP contribution in [0.5, 0.6) is 5.75 Å². The van der Waals surface area contributed by atoms with Crippen LogP contribution in [0, 0.1) is 5.92 Å². The molecule has 2 atom stereocenters. The van der Waals surface area contributed by atoms with Crippen LogP contribution in [0.3, 0.4) is 0 Å².